The Labute approximate surface area is 89.1 Å². The number of thiophene rings is 1. The number of ketones is 1. The second kappa shape index (κ2) is 3.50. The number of hydrogen-bond acceptors (Lipinski definition) is 2. The van der Waals surface area contributed by atoms with Gasteiger partial charge in [0.1, 0.15) is 5.78 Å². The molecule has 1 aliphatic carbocycles. The summed E-state index contributed by atoms with van der Waals surface area (Å²) in [7, 11) is 0. The molecule has 0 aliphatic heterocycles. The first kappa shape index (κ1) is 9.91. The molecule has 1 nitrogen and oxygen atoms in total. The molecule has 1 unspecified atom stereocenters. The van der Waals surface area contributed by atoms with E-state index in [1.807, 2.05) is 0 Å². The highest BCUT2D eigenvalue weighted by Crippen LogP contribution is 2.45. The minimum atomic E-state index is 0.287. The molecular weight excluding hydrogens is 192 g/mol. The lowest BCUT2D eigenvalue weighted by Gasteiger charge is -2.37. The van der Waals surface area contributed by atoms with Crippen molar-refractivity contribution in [3.8, 4) is 0 Å². The van der Waals surface area contributed by atoms with E-state index in [0.29, 0.717) is 11.7 Å². The Kier molecular flexibility index (Phi) is 2.48. The van der Waals surface area contributed by atoms with Crippen molar-refractivity contribution in [3.05, 3.63) is 22.4 Å². The standard InChI is InChI=1S/C12H16OS/c1-12(2)5-3-10(13)7-11(12)9-4-6-14-8-9/h4,6,8,11H,3,5,7H2,1-2H3. The van der Waals surface area contributed by atoms with Crippen LogP contribution >= 0.6 is 11.3 Å². The molecule has 0 saturated heterocycles. The Morgan fingerprint density at radius 3 is 2.93 bits per heavy atom. The maximum Gasteiger partial charge on any atom is 0.133 e. The molecule has 0 bridgehead atoms. The van der Waals surface area contributed by atoms with Crippen LogP contribution in [-0.2, 0) is 4.79 Å². The van der Waals surface area contributed by atoms with Crippen molar-refractivity contribution >= 4 is 17.1 Å². The van der Waals surface area contributed by atoms with Gasteiger partial charge in [-0.25, -0.2) is 0 Å². The highest BCUT2D eigenvalue weighted by Gasteiger charge is 2.36. The van der Waals surface area contributed by atoms with Gasteiger partial charge in [-0.15, -0.1) is 0 Å². The number of rotatable bonds is 1. The predicted molar refractivity (Wildman–Crippen MR) is 59.7 cm³/mol. The van der Waals surface area contributed by atoms with E-state index in [2.05, 4.69) is 30.7 Å². The molecule has 0 spiro atoms. The predicted octanol–water partition coefficient (Wildman–Crippen LogP) is 3.61. The van der Waals surface area contributed by atoms with Gasteiger partial charge in [-0.1, -0.05) is 13.8 Å². The first-order chi connectivity index (χ1) is 6.59. The Hall–Kier alpha value is -0.630. The first-order valence-electron chi connectivity index (χ1n) is 5.13. The lowest BCUT2D eigenvalue weighted by Crippen LogP contribution is -2.30. The summed E-state index contributed by atoms with van der Waals surface area (Å²) in [5.41, 5.74) is 1.64. The highest BCUT2D eigenvalue weighted by atomic mass is 32.1. The van der Waals surface area contributed by atoms with Gasteiger partial charge in [0.15, 0.2) is 0 Å². The van der Waals surface area contributed by atoms with Crippen molar-refractivity contribution < 1.29 is 4.79 Å². The molecule has 0 N–H and O–H groups in total. The molecular formula is C12H16OS. The number of hydrogen-bond donors (Lipinski definition) is 0. The van der Waals surface area contributed by atoms with Crippen molar-refractivity contribution in [2.75, 3.05) is 0 Å². The summed E-state index contributed by atoms with van der Waals surface area (Å²) in [4.78, 5) is 11.5. The van der Waals surface area contributed by atoms with Crippen LogP contribution in [0.4, 0.5) is 0 Å². The van der Waals surface area contributed by atoms with Crippen molar-refractivity contribution in [2.24, 2.45) is 5.41 Å². The topological polar surface area (TPSA) is 17.1 Å². The minimum Gasteiger partial charge on any atom is -0.300 e. The SMILES string of the molecule is CC1(C)CCC(=O)CC1c1ccsc1. The smallest absolute Gasteiger partial charge is 0.133 e. The van der Waals surface area contributed by atoms with Gasteiger partial charge in [0.2, 0.25) is 0 Å². The third-order valence-corrected chi connectivity index (χ3v) is 4.07. The summed E-state index contributed by atoms with van der Waals surface area (Å²) in [5, 5.41) is 4.29. The molecule has 1 aromatic rings. The zero-order valence-electron chi connectivity index (χ0n) is 8.75. The number of carbonyl (C=O) groups excluding carboxylic acids is 1. The van der Waals surface area contributed by atoms with Gasteiger partial charge in [0, 0.05) is 12.8 Å². The van der Waals surface area contributed by atoms with E-state index in [9.17, 15) is 4.79 Å². The molecule has 14 heavy (non-hydrogen) atoms. The minimum absolute atomic E-state index is 0.287. The fourth-order valence-corrected chi connectivity index (χ4v) is 3.00. The van der Waals surface area contributed by atoms with E-state index in [1.54, 1.807) is 11.3 Å². The Balaban J connectivity index is 2.27. The molecule has 1 aliphatic rings. The van der Waals surface area contributed by atoms with Crippen molar-refractivity contribution in [1.82, 2.24) is 0 Å². The molecule has 76 valence electrons. The van der Waals surface area contributed by atoms with Crippen LogP contribution in [0.15, 0.2) is 16.8 Å². The Morgan fingerprint density at radius 1 is 1.50 bits per heavy atom. The van der Waals surface area contributed by atoms with E-state index < -0.39 is 0 Å². The lowest BCUT2D eigenvalue weighted by molar-refractivity contribution is -0.122. The van der Waals surface area contributed by atoms with Crippen molar-refractivity contribution in [2.45, 2.75) is 39.0 Å². The van der Waals surface area contributed by atoms with Gasteiger partial charge in [0.05, 0.1) is 0 Å². The van der Waals surface area contributed by atoms with Gasteiger partial charge in [-0.3, -0.25) is 4.79 Å². The van der Waals surface area contributed by atoms with Crippen LogP contribution in [0.2, 0.25) is 0 Å². The highest BCUT2D eigenvalue weighted by molar-refractivity contribution is 7.08. The first-order valence-corrected chi connectivity index (χ1v) is 6.08. The largest absolute Gasteiger partial charge is 0.300 e. The zero-order chi connectivity index (χ0) is 10.2. The molecule has 1 heterocycles. The summed E-state index contributed by atoms with van der Waals surface area (Å²) in [6, 6.07) is 2.16. The summed E-state index contributed by atoms with van der Waals surface area (Å²) >= 11 is 1.72. The quantitative estimate of drug-likeness (QED) is 0.689. The molecule has 2 heteroatoms. The van der Waals surface area contributed by atoms with Crippen molar-refractivity contribution in [1.29, 1.82) is 0 Å². The average molecular weight is 208 g/mol. The van der Waals surface area contributed by atoms with Crippen LogP contribution in [-0.4, -0.2) is 5.78 Å². The molecule has 2 rings (SSSR count). The van der Waals surface area contributed by atoms with Crippen LogP contribution in [0, 0.1) is 5.41 Å². The molecule has 1 aromatic heterocycles. The van der Waals surface area contributed by atoms with E-state index >= 15 is 0 Å². The van der Waals surface area contributed by atoms with Crippen LogP contribution in [0.3, 0.4) is 0 Å². The van der Waals surface area contributed by atoms with Crippen LogP contribution in [0.5, 0.6) is 0 Å². The maximum atomic E-state index is 11.5. The monoisotopic (exact) mass is 208 g/mol. The van der Waals surface area contributed by atoms with Gasteiger partial charge >= 0.3 is 0 Å². The summed E-state index contributed by atoms with van der Waals surface area (Å²) < 4.78 is 0. The van der Waals surface area contributed by atoms with Gasteiger partial charge in [-0.2, -0.15) is 11.3 Å². The van der Waals surface area contributed by atoms with E-state index in [-0.39, 0.29) is 5.41 Å². The summed E-state index contributed by atoms with van der Waals surface area (Å²) in [6.45, 7) is 4.56. The molecule has 0 amide bonds. The van der Waals surface area contributed by atoms with E-state index in [4.69, 9.17) is 0 Å². The van der Waals surface area contributed by atoms with Crippen LogP contribution in [0.1, 0.15) is 44.6 Å². The maximum absolute atomic E-state index is 11.5. The number of carbonyl (C=O) groups is 1. The Bertz CT molecular complexity index is 324. The second-order valence-electron chi connectivity index (χ2n) is 4.84. The van der Waals surface area contributed by atoms with Crippen LogP contribution < -0.4 is 0 Å². The molecule has 1 atom stereocenters. The lowest BCUT2D eigenvalue weighted by atomic mass is 9.66. The molecule has 1 saturated carbocycles. The van der Waals surface area contributed by atoms with Crippen molar-refractivity contribution in [3.63, 3.8) is 0 Å². The molecule has 0 aromatic carbocycles. The fraction of sp³-hybridized carbons (Fsp3) is 0.583. The van der Waals surface area contributed by atoms with Gasteiger partial charge in [-0.05, 0) is 40.1 Å². The third kappa shape index (κ3) is 1.76. The summed E-state index contributed by atoms with van der Waals surface area (Å²) in [6.07, 6.45) is 2.55. The fourth-order valence-electron chi connectivity index (χ4n) is 2.28. The normalized spacial score (nSPS) is 26.4. The van der Waals surface area contributed by atoms with Crippen LogP contribution in [0.25, 0.3) is 0 Å². The van der Waals surface area contributed by atoms with E-state index in [1.165, 1.54) is 5.56 Å². The second-order valence-corrected chi connectivity index (χ2v) is 5.62. The summed E-state index contributed by atoms with van der Waals surface area (Å²) in [5.74, 6) is 0.871. The van der Waals surface area contributed by atoms with E-state index in [0.717, 1.165) is 19.3 Å². The molecule has 1 fully saturated rings. The van der Waals surface area contributed by atoms with Gasteiger partial charge in [0.25, 0.3) is 0 Å². The zero-order valence-corrected chi connectivity index (χ0v) is 9.56. The van der Waals surface area contributed by atoms with Gasteiger partial charge < -0.3 is 0 Å². The third-order valence-electron chi connectivity index (χ3n) is 3.37. The number of Topliss-reactive ketones (excluding diaryl/α,β-unsaturated/α-hetero) is 1. The Morgan fingerprint density at radius 2 is 2.29 bits per heavy atom. The molecule has 0 radical (unpaired) electrons. The average Bonchev–Trinajstić information content (AvgIpc) is 2.62.